The molecule has 1 saturated heterocycles. The molecule has 5 rings (SSSR count). The first kappa shape index (κ1) is 23.5. The smallest absolute Gasteiger partial charge is 0.228 e. The van der Waals surface area contributed by atoms with E-state index in [4.69, 9.17) is 15.1 Å². The number of fused-ring (bicyclic) bond motifs is 2. The first-order chi connectivity index (χ1) is 16.8. The van der Waals surface area contributed by atoms with Gasteiger partial charge in [-0.2, -0.15) is 10.1 Å². The maximum Gasteiger partial charge on any atom is 0.228 e. The van der Waals surface area contributed by atoms with Gasteiger partial charge < -0.3 is 15.1 Å². The molecule has 4 heterocycles. The molecule has 0 saturated carbocycles. The summed E-state index contributed by atoms with van der Waals surface area (Å²) in [5, 5.41) is 9.50. The largest absolute Gasteiger partial charge is 0.361 e. The van der Waals surface area contributed by atoms with Crippen molar-refractivity contribution in [2.75, 3.05) is 36.4 Å². The lowest BCUT2D eigenvalue weighted by Gasteiger charge is -2.34. The van der Waals surface area contributed by atoms with E-state index in [0.717, 1.165) is 32.1 Å². The van der Waals surface area contributed by atoms with Crippen molar-refractivity contribution in [2.45, 2.75) is 39.8 Å². The second-order valence-corrected chi connectivity index (χ2v) is 9.97. The van der Waals surface area contributed by atoms with Gasteiger partial charge in [0.1, 0.15) is 10.1 Å². The number of aromatic nitrogens is 5. The predicted octanol–water partition coefficient (Wildman–Crippen LogP) is 4.56. The molecule has 0 radical (unpaired) electrons. The Balaban J connectivity index is 1.52. The molecule has 1 aliphatic heterocycles. The number of pyridine rings is 1. The standard InChI is InChI=1S/C25H29BrN8O/c1-15(2)34-23(26)21-22(31-34)24(30-25(29-21)33-11-9-32(10-12-33)17(4)35)28-16(3)19-13-18-7-5-6-8-20(18)27-14-19/h5-8,13-16H,9-12H2,1-4H3,(H,28,29,30). The van der Waals surface area contributed by atoms with Crippen LogP contribution >= 0.6 is 15.9 Å². The number of halogens is 1. The number of carbonyl (C=O) groups is 1. The molecule has 1 aromatic carbocycles. The Kier molecular flexibility index (Phi) is 6.31. The molecule has 35 heavy (non-hydrogen) atoms. The third kappa shape index (κ3) is 4.54. The summed E-state index contributed by atoms with van der Waals surface area (Å²) in [6.07, 6.45) is 1.91. The zero-order valence-corrected chi connectivity index (χ0v) is 21.9. The fourth-order valence-electron chi connectivity index (χ4n) is 4.36. The molecule has 0 aliphatic carbocycles. The van der Waals surface area contributed by atoms with Crippen LogP contribution in [0.15, 0.2) is 41.1 Å². The number of nitrogens with zero attached hydrogens (tertiary/aromatic N) is 7. The van der Waals surface area contributed by atoms with Crippen LogP contribution < -0.4 is 10.2 Å². The summed E-state index contributed by atoms with van der Waals surface area (Å²) >= 11 is 3.71. The van der Waals surface area contributed by atoms with E-state index in [-0.39, 0.29) is 18.0 Å². The van der Waals surface area contributed by atoms with E-state index in [2.05, 4.69) is 64.0 Å². The molecule has 1 fully saturated rings. The van der Waals surface area contributed by atoms with Crippen LogP contribution in [-0.4, -0.2) is 61.7 Å². The summed E-state index contributed by atoms with van der Waals surface area (Å²) in [7, 11) is 0. The summed E-state index contributed by atoms with van der Waals surface area (Å²) in [6.45, 7) is 10.6. The fraction of sp³-hybridized carbons (Fsp3) is 0.400. The van der Waals surface area contributed by atoms with E-state index in [1.165, 1.54) is 0 Å². The maximum atomic E-state index is 11.8. The molecule has 1 N–H and O–H groups in total. The van der Waals surface area contributed by atoms with Crippen LogP contribution in [0.4, 0.5) is 11.8 Å². The summed E-state index contributed by atoms with van der Waals surface area (Å²) < 4.78 is 2.75. The maximum absolute atomic E-state index is 11.8. The van der Waals surface area contributed by atoms with Gasteiger partial charge in [-0.3, -0.25) is 14.5 Å². The van der Waals surface area contributed by atoms with Gasteiger partial charge in [-0.1, -0.05) is 18.2 Å². The highest BCUT2D eigenvalue weighted by Gasteiger charge is 2.25. The third-order valence-corrected chi connectivity index (χ3v) is 7.18. The van der Waals surface area contributed by atoms with Gasteiger partial charge in [0, 0.05) is 50.7 Å². The Morgan fingerprint density at radius 3 is 2.51 bits per heavy atom. The fourth-order valence-corrected chi connectivity index (χ4v) is 5.13. The Hall–Kier alpha value is -3.27. The molecule has 1 amide bonds. The summed E-state index contributed by atoms with van der Waals surface area (Å²) in [5.41, 5.74) is 3.52. The van der Waals surface area contributed by atoms with E-state index in [9.17, 15) is 4.79 Å². The Morgan fingerprint density at radius 1 is 1.06 bits per heavy atom. The molecule has 1 unspecified atom stereocenters. The number of rotatable bonds is 5. The summed E-state index contributed by atoms with van der Waals surface area (Å²) in [4.78, 5) is 30.2. The molecule has 0 bridgehead atoms. The number of hydrogen-bond acceptors (Lipinski definition) is 7. The molecule has 0 spiro atoms. The van der Waals surface area contributed by atoms with Crippen LogP contribution in [0, 0.1) is 0 Å². The van der Waals surface area contributed by atoms with Gasteiger partial charge >= 0.3 is 0 Å². The number of hydrogen-bond donors (Lipinski definition) is 1. The molecule has 182 valence electrons. The molecule has 3 aromatic heterocycles. The number of anilines is 2. The van der Waals surface area contributed by atoms with Gasteiger partial charge in [0.05, 0.1) is 11.6 Å². The Bertz CT molecular complexity index is 1390. The highest BCUT2D eigenvalue weighted by atomic mass is 79.9. The first-order valence-electron chi connectivity index (χ1n) is 11.9. The minimum Gasteiger partial charge on any atom is -0.361 e. The van der Waals surface area contributed by atoms with E-state index in [0.29, 0.717) is 37.9 Å². The molecular weight excluding hydrogens is 508 g/mol. The summed E-state index contributed by atoms with van der Waals surface area (Å²) in [6, 6.07) is 10.4. The molecular formula is C25H29BrN8O. The van der Waals surface area contributed by atoms with Gasteiger partial charge in [-0.25, -0.2) is 4.98 Å². The third-order valence-electron chi connectivity index (χ3n) is 6.44. The normalized spacial score (nSPS) is 15.3. The van der Waals surface area contributed by atoms with Crippen LogP contribution in [0.5, 0.6) is 0 Å². The molecule has 10 heteroatoms. The summed E-state index contributed by atoms with van der Waals surface area (Å²) in [5.74, 6) is 1.41. The van der Waals surface area contributed by atoms with E-state index >= 15 is 0 Å². The van der Waals surface area contributed by atoms with E-state index < -0.39 is 0 Å². The van der Waals surface area contributed by atoms with E-state index in [1.54, 1.807) is 6.92 Å². The van der Waals surface area contributed by atoms with Crippen molar-refractivity contribution < 1.29 is 4.79 Å². The number of carbonyl (C=O) groups excluding carboxylic acids is 1. The van der Waals surface area contributed by atoms with Crippen molar-refractivity contribution in [1.29, 1.82) is 0 Å². The minimum atomic E-state index is -0.0457. The van der Waals surface area contributed by atoms with Gasteiger partial charge in [-0.05, 0) is 54.4 Å². The second kappa shape index (κ2) is 9.41. The molecule has 9 nitrogen and oxygen atoms in total. The van der Waals surface area contributed by atoms with Gasteiger partial charge in [0.15, 0.2) is 11.3 Å². The van der Waals surface area contributed by atoms with Crippen LogP contribution in [0.25, 0.3) is 21.9 Å². The molecule has 1 atom stereocenters. The quantitative estimate of drug-likeness (QED) is 0.399. The lowest BCUT2D eigenvalue weighted by Crippen LogP contribution is -2.48. The van der Waals surface area contributed by atoms with Gasteiger partial charge in [0.25, 0.3) is 0 Å². The molecule has 4 aromatic rings. The number of nitrogens with one attached hydrogen (secondary N) is 1. The zero-order chi connectivity index (χ0) is 24.7. The SMILES string of the molecule is CC(=O)N1CCN(c2nc(NC(C)c3cnc4ccccc4c3)c3nn(C(C)C)c(Br)c3n2)CC1. The van der Waals surface area contributed by atoms with Crippen molar-refractivity contribution in [1.82, 2.24) is 29.6 Å². The van der Waals surface area contributed by atoms with Crippen molar-refractivity contribution in [3.05, 3.63) is 46.7 Å². The van der Waals surface area contributed by atoms with Crippen molar-refractivity contribution >= 4 is 55.5 Å². The minimum absolute atomic E-state index is 0.0457. The van der Waals surface area contributed by atoms with Crippen LogP contribution in [0.1, 0.15) is 45.3 Å². The number of amides is 1. The first-order valence-corrected chi connectivity index (χ1v) is 12.7. The number of para-hydroxylation sites is 1. The molecule has 1 aliphatic rings. The lowest BCUT2D eigenvalue weighted by molar-refractivity contribution is -0.129. The number of benzene rings is 1. The second-order valence-electron chi connectivity index (χ2n) is 9.22. The average molecular weight is 537 g/mol. The Labute approximate surface area is 212 Å². The zero-order valence-electron chi connectivity index (χ0n) is 20.4. The highest BCUT2D eigenvalue weighted by Crippen LogP contribution is 2.33. The lowest BCUT2D eigenvalue weighted by atomic mass is 10.1. The van der Waals surface area contributed by atoms with Gasteiger partial charge in [-0.15, -0.1) is 0 Å². The van der Waals surface area contributed by atoms with Crippen LogP contribution in [-0.2, 0) is 4.79 Å². The van der Waals surface area contributed by atoms with E-state index in [1.807, 2.05) is 34.0 Å². The van der Waals surface area contributed by atoms with Gasteiger partial charge in [0.2, 0.25) is 11.9 Å². The predicted molar refractivity (Wildman–Crippen MR) is 142 cm³/mol. The Morgan fingerprint density at radius 2 is 1.80 bits per heavy atom. The van der Waals surface area contributed by atoms with Crippen LogP contribution in [0.2, 0.25) is 0 Å². The topological polar surface area (TPSA) is 92.1 Å². The van der Waals surface area contributed by atoms with Crippen molar-refractivity contribution in [3.8, 4) is 0 Å². The monoisotopic (exact) mass is 536 g/mol. The van der Waals surface area contributed by atoms with Crippen molar-refractivity contribution in [2.24, 2.45) is 0 Å². The highest BCUT2D eigenvalue weighted by molar-refractivity contribution is 9.10. The average Bonchev–Trinajstić information content (AvgIpc) is 3.20. The number of piperazine rings is 1. The van der Waals surface area contributed by atoms with Crippen molar-refractivity contribution in [3.63, 3.8) is 0 Å². The van der Waals surface area contributed by atoms with Crippen LogP contribution in [0.3, 0.4) is 0 Å².